The van der Waals surface area contributed by atoms with Crippen molar-refractivity contribution >= 4 is 11.9 Å². The highest BCUT2D eigenvalue weighted by Gasteiger charge is 2.31. The molecule has 0 spiro atoms. The first kappa shape index (κ1) is 19.6. The molecule has 0 aliphatic carbocycles. The summed E-state index contributed by atoms with van der Waals surface area (Å²) in [6.07, 6.45) is 10.7. The molecule has 2 aromatic heterocycles. The van der Waals surface area contributed by atoms with Gasteiger partial charge in [0.2, 0.25) is 11.9 Å². The zero-order valence-corrected chi connectivity index (χ0v) is 16.6. The molecular weight excluding hydrogens is 368 g/mol. The van der Waals surface area contributed by atoms with Gasteiger partial charge in [-0.3, -0.25) is 14.7 Å². The van der Waals surface area contributed by atoms with E-state index in [2.05, 4.69) is 19.9 Å². The highest BCUT2D eigenvalue weighted by atomic mass is 16.5. The predicted octanol–water partition coefficient (Wildman–Crippen LogP) is 1.74. The number of amides is 1. The fourth-order valence-electron chi connectivity index (χ4n) is 4.10. The number of aromatic nitrogens is 3. The molecule has 0 unspecified atom stereocenters. The number of carbonyl (C=O) groups excluding carboxylic acids is 1. The SMILES string of the molecule is Nc1ncc(CN2CCC(C(=O)N3CCC(Oc4cccnc4)CC3)CC2)cn1. The van der Waals surface area contributed by atoms with Crippen LogP contribution in [0.15, 0.2) is 36.9 Å². The summed E-state index contributed by atoms with van der Waals surface area (Å²) in [5.74, 6) is 1.54. The fourth-order valence-corrected chi connectivity index (χ4v) is 4.10. The second-order valence-corrected chi connectivity index (χ2v) is 7.83. The molecule has 4 heterocycles. The maximum atomic E-state index is 12.9. The van der Waals surface area contributed by atoms with Gasteiger partial charge in [0.05, 0.1) is 6.20 Å². The number of hydrogen-bond acceptors (Lipinski definition) is 7. The summed E-state index contributed by atoms with van der Waals surface area (Å²) in [4.78, 5) is 29.5. The summed E-state index contributed by atoms with van der Waals surface area (Å²) >= 11 is 0. The molecule has 8 nitrogen and oxygen atoms in total. The number of carbonyl (C=O) groups is 1. The molecule has 2 aromatic rings. The van der Waals surface area contributed by atoms with Gasteiger partial charge >= 0.3 is 0 Å². The third-order valence-electron chi connectivity index (χ3n) is 5.76. The van der Waals surface area contributed by atoms with Crippen molar-refractivity contribution in [3.8, 4) is 5.75 Å². The van der Waals surface area contributed by atoms with Crippen molar-refractivity contribution in [1.82, 2.24) is 24.8 Å². The van der Waals surface area contributed by atoms with Crippen molar-refractivity contribution in [2.75, 3.05) is 31.9 Å². The number of nitrogens with zero attached hydrogens (tertiary/aromatic N) is 5. The van der Waals surface area contributed by atoms with E-state index in [9.17, 15) is 4.79 Å². The molecule has 8 heteroatoms. The number of nitrogens with two attached hydrogens (primary N) is 1. The molecule has 2 fully saturated rings. The van der Waals surface area contributed by atoms with Crippen LogP contribution >= 0.6 is 0 Å². The van der Waals surface area contributed by atoms with E-state index in [0.29, 0.717) is 11.9 Å². The number of ether oxygens (including phenoxy) is 1. The molecule has 1 amide bonds. The minimum Gasteiger partial charge on any atom is -0.489 e. The molecule has 0 saturated carbocycles. The number of nitrogen functional groups attached to an aromatic ring is 1. The normalized spacial score (nSPS) is 19.2. The van der Waals surface area contributed by atoms with Crippen LogP contribution < -0.4 is 10.5 Å². The molecule has 2 N–H and O–H groups in total. The molecular formula is C21H28N6O2. The quantitative estimate of drug-likeness (QED) is 0.822. The van der Waals surface area contributed by atoms with Gasteiger partial charge in [-0.15, -0.1) is 0 Å². The minimum absolute atomic E-state index is 0.129. The molecule has 0 atom stereocenters. The minimum atomic E-state index is 0.129. The van der Waals surface area contributed by atoms with Crippen molar-refractivity contribution in [3.05, 3.63) is 42.5 Å². The summed E-state index contributed by atoms with van der Waals surface area (Å²) in [6.45, 7) is 4.18. The number of rotatable bonds is 5. The lowest BCUT2D eigenvalue weighted by atomic mass is 9.94. The number of anilines is 1. The predicted molar refractivity (Wildman–Crippen MR) is 109 cm³/mol. The first-order valence-corrected chi connectivity index (χ1v) is 10.3. The first-order chi connectivity index (χ1) is 14.2. The maximum absolute atomic E-state index is 12.9. The number of likely N-dealkylation sites (tertiary alicyclic amines) is 2. The van der Waals surface area contributed by atoms with E-state index in [-0.39, 0.29) is 12.0 Å². The van der Waals surface area contributed by atoms with Crippen LogP contribution in [0.4, 0.5) is 5.95 Å². The van der Waals surface area contributed by atoms with Gasteiger partial charge in [-0.05, 0) is 38.1 Å². The van der Waals surface area contributed by atoms with Gasteiger partial charge in [-0.25, -0.2) is 9.97 Å². The van der Waals surface area contributed by atoms with Crippen LogP contribution in [-0.4, -0.2) is 62.9 Å². The average molecular weight is 396 g/mol. The van der Waals surface area contributed by atoms with Gasteiger partial charge in [0.1, 0.15) is 11.9 Å². The fraction of sp³-hybridized carbons (Fsp3) is 0.524. The summed E-state index contributed by atoms with van der Waals surface area (Å²) in [7, 11) is 0. The van der Waals surface area contributed by atoms with E-state index in [0.717, 1.165) is 69.7 Å². The monoisotopic (exact) mass is 396 g/mol. The second kappa shape index (κ2) is 9.17. The molecule has 0 bridgehead atoms. The molecule has 2 aliphatic rings. The summed E-state index contributed by atoms with van der Waals surface area (Å²) in [5, 5.41) is 0. The number of pyridine rings is 1. The Balaban J connectivity index is 1.20. The Morgan fingerprint density at radius 3 is 2.45 bits per heavy atom. The Hall–Kier alpha value is -2.74. The maximum Gasteiger partial charge on any atom is 0.225 e. The summed E-state index contributed by atoms with van der Waals surface area (Å²) < 4.78 is 5.98. The zero-order chi connectivity index (χ0) is 20.1. The topological polar surface area (TPSA) is 97.5 Å². The van der Waals surface area contributed by atoms with Crippen LogP contribution in [0.1, 0.15) is 31.2 Å². The van der Waals surface area contributed by atoms with Crippen molar-refractivity contribution in [2.24, 2.45) is 5.92 Å². The highest BCUT2D eigenvalue weighted by Crippen LogP contribution is 2.24. The van der Waals surface area contributed by atoms with E-state index >= 15 is 0 Å². The van der Waals surface area contributed by atoms with E-state index in [1.165, 1.54) is 0 Å². The standard InChI is InChI=1S/C21H28N6O2/c22-21-24-12-16(13-25-21)15-26-8-3-17(4-9-26)20(28)27-10-5-18(6-11-27)29-19-2-1-7-23-14-19/h1-2,7,12-14,17-18H,3-6,8-11,15H2,(H2,22,24,25). The van der Waals surface area contributed by atoms with Crippen LogP contribution in [0.5, 0.6) is 5.75 Å². The molecule has 2 aliphatic heterocycles. The molecule has 2 saturated heterocycles. The Kier molecular flexibility index (Phi) is 6.19. The van der Waals surface area contributed by atoms with Crippen LogP contribution in [0.25, 0.3) is 0 Å². The lowest BCUT2D eigenvalue weighted by Crippen LogP contribution is -2.46. The third kappa shape index (κ3) is 5.20. The molecule has 0 radical (unpaired) electrons. The van der Waals surface area contributed by atoms with E-state index in [4.69, 9.17) is 10.5 Å². The Morgan fingerprint density at radius 1 is 1.07 bits per heavy atom. The van der Waals surface area contributed by atoms with E-state index < -0.39 is 0 Å². The third-order valence-corrected chi connectivity index (χ3v) is 5.76. The van der Waals surface area contributed by atoms with Gasteiger partial charge < -0.3 is 15.4 Å². The Bertz CT molecular complexity index is 785. The van der Waals surface area contributed by atoms with Gasteiger partial charge in [0.25, 0.3) is 0 Å². The van der Waals surface area contributed by atoms with Gasteiger partial charge in [0, 0.05) is 62.5 Å². The molecule has 4 rings (SSSR count). The van der Waals surface area contributed by atoms with Gasteiger partial charge in [0.15, 0.2) is 0 Å². The first-order valence-electron chi connectivity index (χ1n) is 10.3. The summed E-state index contributed by atoms with van der Waals surface area (Å²) in [6, 6.07) is 3.80. The van der Waals surface area contributed by atoms with Crippen molar-refractivity contribution < 1.29 is 9.53 Å². The van der Waals surface area contributed by atoms with Crippen LogP contribution in [0.2, 0.25) is 0 Å². The van der Waals surface area contributed by atoms with E-state index in [1.807, 2.05) is 17.0 Å². The lowest BCUT2D eigenvalue weighted by Gasteiger charge is -2.37. The van der Waals surface area contributed by atoms with Crippen molar-refractivity contribution in [1.29, 1.82) is 0 Å². The van der Waals surface area contributed by atoms with Crippen LogP contribution in [0, 0.1) is 5.92 Å². The van der Waals surface area contributed by atoms with Gasteiger partial charge in [-0.2, -0.15) is 0 Å². The summed E-state index contributed by atoms with van der Waals surface area (Å²) in [5.41, 5.74) is 6.60. The number of hydrogen-bond donors (Lipinski definition) is 1. The van der Waals surface area contributed by atoms with Crippen LogP contribution in [0.3, 0.4) is 0 Å². The van der Waals surface area contributed by atoms with Crippen molar-refractivity contribution in [2.45, 2.75) is 38.3 Å². The Morgan fingerprint density at radius 2 is 1.79 bits per heavy atom. The lowest BCUT2D eigenvalue weighted by molar-refractivity contribution is -0.139. The molecule has 0 aromatic carbocycles. The Labute approximate surface area is 171 Å². The average Bonchev–Trinajstić information content (AvgIpc) is 2.77. The smallest absolute Gasteiger partial charge is 0.225 e. The van der Waals surface area contributed by atoms with Crippen LogP contribution in [-0.2, 0) is 11.3 Å². The largest absolute Gasteiger partial charge is 0.489 e. The number of piperidine rings is 2. The molecule has 154 valence electrons. The molecule has 29 heavy (non-hydrogen) atoms. The second-order valence-electron chi connectivity index (χ2n) is 7.83. The van der Waals surface area contributed by atoms with E-state index in [1.54, 1.807) is 24.8 Å². The van der Waals surface area contributed by atoms with Gasteiger partial charge in [-0.1, -0.05) is 0 Å². The highest BCUT2D eigenvalue weighted by molar-refractivity contribution is 5.79. The van der Waals surface area contributed by atoms with Crippen molar-refractivity contribution in [3.63, 3.8) is 0 Å². The zero-order valence-electron chi connectivity index (χ0n) is 16.6.